The van der Waals surface area contributed by atoms with Crippen molar-refractivity contribution in [3.63, 3.8) is 0 Å². The van der Waals surface area contributed by atoms with Gasteiger partial charge in [-0.2, -0.15) is 0 Å². The Morgan fingerprint density at radius 1 is 0.947 bits per heavy atom. The summed E-state index contributed by atoms with van der Waals surface area (Å²) in [4.78, 5) is 37.9. The molecule has 4 rings (SSSR count). The minimum Gasteiger partial charge on any atom is -0.493 e. The lowest BCUT2D eigenvalue weighted by molar-refractivity contribution is -0.119. The Hall–Kier alpha value is -4.53. The van der Waals surface area contributed by atoms with Crippen molar-refractivity contribution in [2.75, 3.05) is 38.5 Å². The fourth-order valence-electron chi connectivity index (χ4n) is 4.76. The smallest absolute Gasteiger partial charge is 0.243 e. The number of hydrogen-bond acceptors (Lipinski definition) is 7. The second-order valence-electron chi connectivity index (χ2n) is 8.86. The van der Waals surface area contributed by atoms with Crippen LogP contribution in [0.3, 0.4) is 0 Å². The Morgan fingerprint density at radius 2 is 1.68 bits per heavy atom. The van der Waals surface area contributed by atoms with Gasteiger partial charge in [0.05, 0.1) is 39.6 Å². The molecule has 0 fully saturated rings. The number of rotatable bonds is 8. The first kappa shape index (κ1) is 26.5. The summed E-state index contributed by atoms with van der Waals surface area (Å²) in [6.45, 7) is 1.35. The van der Waals surface area contributed by atoms with Crippen LogP contribution in [0, 0.1) is 0 Å². The number of para-hydroxylation sites is 1. The maximum Gasteiger partial charge on any atom is 0.243 e. The number of carbonyl (C=O) groups is 2. The van der Waals surface area contributed by atoms with E-state index in [1.54, 1.807) is 32.4 Å². The summed E-state index contributed by atoms with van der Waals surface area (Å²) in [5.41, 5.74) is 3.67. The number of hydrogen-bond donors (Lipinski definition) is 3. The monoisotopic (exact) mass is 517 g/mol. The quantitative estimate of drug-likeness (QED) is 0.415. The fourth-order valence-corrected chi connectivity index (χ4v) is 4.76. The number of aryl methyl sites for hydroxylation is 1. The number of amides is 2. The van der Waals surface area contributed by atoms with Crippen LogP contribution in [0.25, 0.3) is 11.1 Å². The van der Waals surface area contributed by atoms with Crippen LogP contribution in [-0.2, 0) is 16.0 Å². The summed E-state index contributed by atoms with van der Waals surface area (Å²) in [7, 11) is 4.64. The van der Waals surface area contributed by atoms with E-state index in [4.69, 9.17) is 14.2 Å². The molecule has 0 aliphatic heterocycles. The van der Waals surface area contributed by atoms with Gasteiger partial charge in [-0.3, -0.25) is 14.4 Å². The van der Waals surface area contributed by atoms with E-state index in [1.807, 2.05) is 30.3 Å². The van der Waals surface area contributed by atoms with Gasteiger partial charge < -0.3 is 30.2 Å². The van der Waals surface area contributed by atoms with Crippen molar-refractivity contribution in [1.82, 2.24) is 5.32 Å². The standard InChI is InChI=1S/C29H31N3O6/c1-17(33)31-22-12-10-18-14-25(36-2)28(37-3)29(38-4)27(18)20-11-13-23(24(34)15-21(20)22)30-16-26(35)32-19-8-6-5-7-9-19/h5-9,11,13-15,22H,10,12,16H2,1-4H3,(H,30,34)(H,31,33)(H,32,35)/t22-/m0/s1. The van der Waals surface area contributed by atoms with Crippen molar-refractivity contribution in [3.8, 4) is 28.4 Å². The normalized spacial score (nSPS) is 13.7. The van der Waals surface area contributed by atoms with E-state index in [0.29, 0.717) is 46.9 Å². The molecule has 0 bridgehead atoms. The van der Waals surface area contributed by atoms with Crippen LogP contribution in [0.4, 0.5) is 11.4 Å². The van der Waals surface area contributed by atoms with Crippen molar-refractivity contribution < 1.29 is 23.8 Å². The molecule has 38 heavy (non-hydrogen) atoms. The zero-order valence-electron chi connectivity index (χ0n) is 21.8. The molecular weight excluding hydrogens is 486 g/mol. The average molecular weight is 518 g/mol. The first-order valence-corrected chi connectivity index (χ1v) is 12.2. The van der Waals surface area contributed by atoms with Crippen molar-refractivity contribution in [1.29, 1.82) is 0 Å². The van der Waals surface area contributed by atoms with Crippen molar-refractivity contribution in [2.45, 2.75) is 25.8 Å². The molecule has 0 aromatic heterocycles. The predicted octanol–water partition coefficient (Wildman–Crippen LogP) is 3.91. The maximum absolute atomic E-state index is 13.3. The summed E-state index contributed by atoms with van der Waals surface area (Å²) >= 11 is 0. The summed E-state index contributed by atoms with van der Waals surface area (Å²) in [5.74, 6) is 0.941. The lowest BCUT2D eigenvalue weighted by Crippen LogP contribution is -2.27. The van der Waals surface area contributed by atoms with Gasteiger partial charge in [0.2, 0.25) is 23.0 Å². The number of fused-ring (bicyclic) bond motifs is 3. The third-order valence-electron chi connectivity index (χ3n) is 6.41. The number of nitrogens with one attached hydrogen (secondary N) is 3. The van der Waals surface area contributed by atoms with Crippen LogP contribution in [0.5, 0.6) is 17.2 Å². The first-order valence-electron chi connectivity index (χ1n) is 12.2. The average Bonchev–Trinajstić information content (AvgIpc) is 3.15. The highest BCUT2D eigenvalue weighted by Crippen LogP contribution is 2.50. The predicted molar refractivity (Wildman–Crippen MR) is 146 cm³/mol. The topological polar surface area (TPSA) is 115 Å². The van der Waals surface area contributed by atoms with Crippen LogP contribution in [0.15, 0.2) is 59.4 Å². The van der Waals surface area contributed by atoms with Crippen LogP contribution >= 0.6 is 0 Å². The van der Waals surface area contributed by atoms with Gasteiger partial charge in [-0.1, -0.05) is 24.3 Å². The van der Waals surface area contributed by atoms with Crippen LogP contribution in [0.1, 0.15) is 30.5 Å². The molecule has 3 aromatic rings. The summed E-state index contributed by atoms with van der Waals surface area (Å²) in [6, 6.07) is 15.5. The zero-order chi connectivity index (χ0) is 27.2. The maximum atomic E-state index is 13.3. The number of anilines is 2. The largest absolute Gasteiger partial charge is 0.493 e. The summed E-state index contributed by atoms with van der Waals surface area (Å²) in [6.07, 6.45) is 1.16. The Kier molecular flexibility index (Phi) is 8.15. The van der Waals surface area contributed by atoms with Gasteiger partial charge in [0.1, 0.15) is 0 Å². The first-order chi connectivity index (χ1) is 18.4. The van der Waals surface area contributed by atoms with E-state index in [0.717, 1.165) is 11.1 Å². The Bertz CT molecular complexity index is 1410. The van der Waals surface area contributed by atoms with Gasteiger partial charge >= 0.3 is 0 Å². The van der Waals surface area contributed by atoms with Crippen LogP contribution in [0.2, 0.25) is 0 Å². The van der Waals surface area contributed by atoms with E-state index in [9.17, 15) is 14.4 Å². The lowest BCUT2D eigenvalue weighted by atomic mass is 9.95. The fraction of sp³-hybridized carbons (Fsp3) is 0.276. The molecule has 3 aromatic carbocycles. The second-order valence-corrected chi connectivity index (χ2v) is 8.86. The van der Waals surface area contributed by atoms with Crippen molar-refractivity contribution >= 4 is 23.2 Å². The van der Waals surface area contributed by atoms with E-state index >= 15 is 0 Å². The molecule has 0 saturated heterocycles. The molecular formula is C29H31N3O6. The van der Waals surface area contributed by atoms with E-state index in [1.165, 1.54) is 20.1 Å². The number of benzene rings is 2. The summed E-state index contributed by atoms with van der Waals surface area (Å²) in [5, 5.41) is 8.72. The Morgan fingerprint density at radius 3 is 2.34 bits per heavy atom. The van der Waals surface area contributed by atoms with E-state index < -0.39 is 6.04 Å². The Balaban J connectivity index is 1.79. The number of ether oxygens (including phenoxy) is 3. The van der Waals surface area contributed by atoms with Crippen molar-refractivity contribution in [2.24, 2.45) is 0 Å². The molecule has 2 amide bonds. The van der Waals surface area contributed by atoms with Crippen molar-refractivity contribution in [3.05, 3.63) is 75.9 Å². The van der Waals surface area contributed by atoms with E-state index in [-0.39, 0.29) is 29.5 Å². The molecule has 0 spiro atoms. The molecule has 198 valence electrons. The second kappa shape index (κ2) is 11.7. The molecule has 3 N–H and O–H groups in total. The highest BCUT2D eigenvalue weighted by molar-refractivity contribution is 5.93. The van der Waals surface area contributed by atoms with Gasteiger partial charge in [-0.25, -0.2) is 0 Å². The zero-order valence-corrected chi connectivity index (χ0v) is 21.8. The molecule has 0 saturated carbocycles. The number of methoxy groups -OCH3 is 3. The third kappa shape index (κ3) is 5.56. The highest BCUT2D eigenvalue weighted by atomic mass is 16.5. The van der Waals surface area contributed by atoms with Gasteiger partial charge in [0.25, 0.3) is 0 Å². The van der Waals surface area contributed by atoms with Gasteiger partial charge in [-0.15, -0.1) is 0 Å². The molecule has 0 heterocycles. The number of carbonyl (C=O) groups excluding carboxylic acids is 2. The molecule has 0 unspecified atom stereocenters. The summed E-state index contributed by atoms with van der Waals surface area (Å²) < 4.78 is 17.0. The third-order valence-corrected chi connectivity index (χ3v) is 6.41. The van der Waals surface area contributed by atoms with Gasteiger partial charge in [-0.05, 0) is 59.9 Å². The minimum atomic E-state index is -0.411. The molecule has 9 nitrogen and oxygen atoms in total. The molecule has 9 heteroatoms. The van der Waals surface area contributed by atoms with Crippen LogP contribution < -0.4 is 35.6 Å². The minimum absolute atomic E-state index is 0.0983. The molecule has 0 radical (unpaired) electrons. The van der Waals surface area contributed by atoms with Gasteiger partial charge in [0.15, 0.2) is 11.5 Å². The molecule has 1 atom stereocenters. The van der Waals surface area contributed by atoms with Gasteiger partial charge in [0, 0.05) is 18.2 Å². The Labute approximate surface area is 221 Å². The molecule has 1 aliphatic rings. The SMILES string of the molecule is COc1cc2c(c(OC)c1OC)-c1ccc(NCC(=O)Nc3ccccc3)c(=O)cc1[C@@H](NC(C)=O)CC2. The molecule has 1 aliphatic carbocycles. The lowest BCUT2D eigenvalue weighted by Gasteiger charge is -2.19. The van der Waals surface area contributed by atoms with E-state index in [2.05, 4.69) is 16.0 Å². The van der Waals surface area contributed by atoms with Crippen LogP contribution in [-0.4, -0.2) is 39.7 Å². The highest BCUT2D eigenvalue weighted by Gasteiger charge is 2.29.